The molecule has 0 amide bonds. The summed E-state index contributed by atoms with van der Waals surface area (Å²) in [7, 11) is 1.63. The normalized spacial score (nSPS) is 10.6. The molecule has 0 radical (unpaired) electrons. The van der Waals surface area contributed by atoms with Crippen LogP contribution in [0.5, 0.6) is 5.75 Å². The average molecular weight is 228 g/mol. The number of hydrogen-bond donors (Lipinski definition) is 1. The first-order valence-electron chi connectivity index (χ1n) is 5.16. The van der Waals surface area contributed by atoms with Crippen LogP contribution in [0.2, 0.25) is 0 Å². The van der Waals surface area contributed by atoms with E-state index < -0.39 is 0 Å². The van der Waals surface area contributed by atoms with Gasteiger partial charge in [-0.15, -0.1) is 0 Å². The summed E-state index contributed by atoms with van der Waals surface area (Å²) < 4.78 is 5.22. The highest BCUT2D eigenvalue weighted by molar-refractivity contribution is 5.70. The van der Waals surface area contributed by atoms with Gasteiger partial charge in [0.1, 0.15) is 5.75 Å². The second-order valence-corrected chi connectivity index (χ2v) is 3.42. The zero-order chi connectivity index (χ0) is 12.1. The molecule has 2 aromatic rings. The smallest absolute Gasteiger partial charge is 0.264 e. The Morgan fingerprint density at radius 2 is 2.00 bits per heavy atom. The van der Waals surface area contributed by atoms with Crippen molar-refractivity contribution in [3.63, 3.8) is 0 Å². The number of aromatic nitrogens is 2. The van der Waals surface area contributed by atoms with Crippen LogP contribution in [0.1, 0.15) is 11.3 Å². The van der Waals surface area contributed by atoms with Gasteiger partial charge in [-0.05, 0) is 24.3 Å². The third-order valence-corrected chi connectivity index (χ3v) is 2.27. The van der Waals surface area contributed by atoms with Crippen molar-refractivity contribution in [2.75, 3.05) is 7.11 Å². The van der Waals surface area contributed by atoms with Gasteiger partial charge in [0.15, 0.2) is 0 Å². The largest absolute Gasteiger partial charge is 0.496 e. The van der Waals surface area contributed by atoms with Crippen LogP contribution in [0.15, 0.2) is 41.2 Å². The Kier molecular flexibility index (Phi) is 3.35. The number of benzene rings is 1. The first-order valence-corrected chi connectivity index (χ1v) is 5.16. The van der Waals surface area contributed by atoms with E-state index in [-0.39, 0.29) is 5.56 Å². The maximum Gasteiger partial charge on any atom is 0.264 e. The van der Waals surface area contributed by atoms with E-state index in [4.69, 9.17) is 4.74 Å². The van der Waals surface area contributed by atoms with E-state index in [1.165, 1.54) is 6.07 Å². The molecule has 0 spiro atoms. The minimum atomic E-state index is -0.209. The number of H-pyrrole nitrogens is 1. The quantitative estimate of drug-likeness (QED) is 0.873. The molecule has 86 valence electrons. The lowest BCUT2D eigenvalue weighted by Gasteiger charge is -2.02. The monoisotopic (exact) mass is 228 g/mol. The lowest BCUT2D eigenvalue weighted by Crippen LogP contribution is -2.05. The van der Waals surface area contributed by atoms with E-state index in [2.05, 4.69) is 10.2 Å². The van der Waals surface area contributed by atoms with Crippen molar-refractivity contribution in [3.05, 3.63) is 58.0 Å². The van der Waals surface area contributed by atoms with Crippen LogP contribution < -0.4 is 10.3 Å². The lowest BCUT2D eigenvalue weighted by atomic mass is 10.2. The van der Waals surface area contributed by atoms with Crippen LogP contribution in [-0.4, -0.2) is 17.3 Å². The van der Waals surface area contributed by atoms with Gasteiger partial charge >= 0.3 is 0 Å². The average Bonchev–Trinajstić information content (AvgIpc) is 2.38. The van der Waals surface area contributed by atoms with Crippen molar-refractivity contribution in [1.82, 2.24) is 10.2 Å². The van der Waals surface area contributed by atoms with Crippen molar-refractivity contribution >= 4 is 12.2 Å². The van der Waals surface area contributed by atoms with Crippen molar-refractivity contribution in [2.45, 2.75) is 0 Å². The van der Waals surface area contributed by atoms with Gasteiger partial charge < -0.3 is 4.74 Å². The Morgan fingerprint density at radius 3 is 2.71 bits per heavy atom. The predicted octanol–water partition coefficient (Wildman–Crippen LogP) is 1.95. The summed E-state index contributed by atoms with van der Waals surface area (Å²) in [4.78, 5) is 10.8. The second-order valence-electron chi connectivity index (χ2n) is 3.42. The molecule has 0 saturated carbocycles. The highest BCUT2D eigenvalue weighted by atomic mass is 16.5. The maximum atomic E-state index is 10.8. The highest BCUT2D eigenvalue weighted by Gasteiger charge is 1.96. The maximum absolute atomic E-state index is 10.8. The number of para-hydroxylation sites is 1. The van der Waals surface area contributed by atoms with Crippen LogP contribution in [0.4, 0.5) is 0 Å². The van der Waals surface area contributed by atoms with Crippen LogP contribution >= 0.6 is 0 Å². The molecule has 4 heteroatoms. The summed E-state index contributed by atoms with van der Waals surface area (Å²) in [5.74, 6) is 0.799. The van der Waals surface area contributed by atoms with E-state index in [0.29, 0.717) is 5.69 Å². The fourth-order valence-corrected chi connectivity index (χ4v) is 1.43. The summed E-state index contributed by atoms with van der Waals surface area (Å²) in [5, 5.41) is 6.26. The minimum Gasteiger partial charge on any atom is -0.496 e. The molecule has 0 unspecified atom stereocenters. The number of rotatable bonds is 3. The Labute approximate surface area is 98.6 Å². The van der Waals surface area contributed by atoms with Gasteiger partial charge in [-0.25, -0.2) is 5.10 Å². The van der Waals surface area contributed by atoms with Crippen molar-refractivity contribution in [3.8, 4) is 5.75 Å². The van der Waals surface area contributed by atoms with E-state index in [1.807, 2.05) is 36.4 Å². The molecular formula is C13H12N2O2. The fourth-order valence-electron chi connectivity index (χ4n) is 1.43. The molecule has 1 heterocycles. The Morgan fingerprint density at radius 1 is 1.18 bits per heavy atom. The first kappa shape index (κ1) is 11.1. The molecule has 0 fully saturated rings. The van der Waals surface area contributed by atoms with Gasteiger partial charge in [0.05, 0.1) is 12.8 Å². The molecule has 2 rings (SSSR count). The van der Waals surface area contributed by atoms with Gasteiger partial charge in [0.2, 0.25) is 0 Å². The topological polar surface area (TPSA) is 55.0 Å². The van der Waals surface area contributed by atoms with E-state index in [0.717, 1.165) is 11.3 Å². The van der Waals surface area contributed by atoms with E-state index >= 15 is 0 Å². The van der Waals surface area contributed by atoms with Gasteiger partial charge in [0, 0.05) is 11.6 Å². The minimum absolute atomic E-state index is 0.209. The molecule has 4 nitrogen and oxygen atoms in total. The molecule has 0 bridgehead atoms. The molecule has 0 aliphatic heterocycles. The van der Waals surface area contributed by atoms with E-state index in [1.54, 1.807) is 13.2 Å². The third-order valence-electron chi connectivity index (χ3n) is 2.27. The molecule has 0 saturated heterocycles. The number of hydrogen-bond acceptors (Lipinski definition) is 3. The number of aromatic amines is 1. The first-order chi connectivity index (χ1) is 8.29. The third kappa shape index (κ3) is 2.81. The van der Waals surface area contributed by atoms with Crippen molar-refractivity contribution in [2.24, 2.45) is 0 Å². The second kappa shape index (κ2) is 5.12. The van der Waals surface area contributed by atoms with Crippen LogP contribution in [0.3, 0.4) is 0 Å². The fraction of sp³-hybridized carbons (Fsp3) is 0.0769. The summed E-state index contributed by atoms with van der Waals surface area (Å²) >= 11 is 0. The number of ether oxygens (including phenoxy) is 1. The molecular weight excluding hydrogens is 216 g/mol. The van der Waals surface area contributed by atoms with Crippen LogP contribution in [-0.2, 0) is 0 Å². The zero-order valence-corrected chi connectivity index (χ0v) is 9.38. The van der Waals surface area contributed by atoms with Gasteiger partial charge in [0.25, 0.3) is 5.56 Å². The molecule has 17 heavy (non-hydrogen) atoms. The van der Waals surface area contributed by atoms with Crippen molar-refractivity contribution < 1.29 is 4.74 Å². The molecule has 0 atom stereocenters. The summed E-state index contributed by atoms with van der Waals surface area (Å²) in [6.45, 7) is 0. The standard InChI is InChI=1S/C13H12N2O2/c1-17-12-5-3-2-4-10(12)6-7-11-8-9-13(16)15-14-11/h2-9H,1H3,(H,15,16). The van der Waals surface area contributed by atoms with Crippen LogP contribution in [0.25, 0.3) is 12.2 Å². The summed E-state index contributed by atoms with van der Waals surface area (Å²) in [6, 6.07) is 10.8. The SMILES string of the molecule is COc1ccccc1C=Cc1ccc(=O)[nH]n1. The molecule has 0 aliphatic rings. The van der Waals surface area contributed by atoms with E-state index in [9.17, 15) is 4.79 Å². The Bertz CT molecular complexity index is 567. The van der Waals surface area contributed by atoms with Gasteiger partial charge in [-0.2, -0.15) is 5.10 Å². The molecule has 1 aromatic carbocycles. The number of methoxy groups -OCH3 is 1. The van der Waals surface area contributed by atoms with Crippen molar-refractivity contribution in [1.29, 1.82) is 0 Å². The Hall–Kier alpha value is -2.36. The molecule has 1 N–H and O–H groups in total. The van der Waals surface area contributed by atoms with Gasteiger partial charge in [-0.3, -0.25) is 4.79 Å². The molecule has 1 aromatic heterocycles. The predicted molar refractivity (Wildman–Crippen MR) is 66.8 cm³/mol. The summed E-state index contributed by atoms with van der Waals surface area (Å²) in [6.07, 6.45) is 3.70. The number of nitrogens with one attached hydrogen (secondary N) is 1. The zero-order valence-electron chi connectivity index (χ0n) is 9.38. The molecule has 0 aliphatic carbocycles. The van der Waals surface area contributed by atoms with Gasteiger partial charge in [-0.1, -0.05) is 18.2 Å². The summed E-state index contributed by atoms with van der Waals surface area (Å²) in [5.41, 5.74) is 1.44. The highest BCUT2D eigenvalue weighted by Crippen LogP contribution is 2.19. The Balaban J connectivity index is 2.25. The number of nitrogens with zero attached hydrogens (tertiary/aromatic N) is 1. The van der Waals surface area contributed by atoms with Crippen LogP contribution in [0, 0.1) is 0 Å². The lowest BCUT2D eigenvalue weighted by molar-refractivity contribution is 0.414.